The van der Waals surface area contributed by atoms with Crippen LogP contribution >= 0.6 is 0 Å². The Balaban J connectivity index is 1.67. The number of unbranched alkanes of at least 4 members (excludes halogenated alkanes) is 6. The van der Waals surface area contributed by atoms with Gasteiger partial charge in [-0.05, 0) is 12.8 Å². The van der Waals surface area contributed by atoms with E-state index in [1.165, 1.54) is 38.5 Å². The van der Waals surface area contributed by atoms with Gasteiger partial charge in [0.05, 0.1) is 12.7 Å². The Morgan fingerprint density at radius 3 is 2.13 bits per heavy atom. The predicted octanol–water partition coefficient (Wildman–Crippen LogP) is 2.98. The van der Waals surface area contributed by atoms with E-state index in [4.69, 9.17) is 9.84 Å². The lowest BCUT2D eigenvalue weighted by Gasteiger charge is -2.00. The van der Waals surface area contributed by atoms with Gasteiger partial charge < -0.3 is 9.84 Å². The molecule has 1 rings (SSSR count). The maximum atomic E-state index is 10.2. The van der Waals surface area contributed by atoms with E-state index >= 15 is 0 Å². The summed E-state index contributed by atoms with van der Waals surface area (Å²) in [5.74, 6) is -0.667. The van der Waals surface area contributed by atoms with E-state index < -0.39 is 5.97 Å². The summed E-state index contributed by atoms with van der Waals surface area (Å²) in [6.07, 6.45) is 10.4. The summed E-state index contributed by atoms with van der Waals surface area (Å²) in [6.45, 7) is 0.981. The smallest absolute Gasteiger partial charge is 0.303 e. The van der Waals surface area contributed by atoms with E-state index in [2.05, 4.69) is 0 Å². The Kier molecular flexibility index (Phi) is 6.41. The second-order valence-corrected chi connectivity index (χ2v) is 4.36. The van der Waals surface area contributed by atoms with Crippen molar-refractivity contribution in [2.75, 3.05) is 6.61 Å². The van der Waals surface area contributed by atoms with Gasteiger partial charge in [0.15, 0.2) is 0 Å². The van der Waals surface area contributed by atoms with Crippen molar-refractivity contribution in [3.05, 3.63) is 0 Å². The van der Waals surface area contributed by atoms with Gasteiger partial charge >= 0.3 is 5.97 Å². The number of ether oxygens (including phenoxy) is 1. The molecule has 0 aliphatic carbocycles. The van der Waals surface area contributed by atoms with Gasteiger partial charge in [0.25, 0.3) is 0 Å². The number of rotatable bonds is 10. The molecule has 88 valence electrons. The minimum atomic E-state index is -0.667. The lowest BCUT2D eigenvalue weighted by Crippen LogP contribution is -1.93. The molecule has 1 aliphatic heterocycles. The SMILES string of the molecule is O=C(O)CCCCCCCCCC1CO1. The first-order chi connectivity index (χ1) is 7.29. The monoisotopic (exact) mass is 214 g/mol. The van der Waals surface area contributed by atoms with Crippen molar-refractivity contribution >= 4 is 5.97 Å². The molecule has 0 aromatic rings. The molecule has 0 radical (unpaired) electrons. The van der Waals surface area contributed by atoms with Gasteiger partial charge in [-0.1, -0.05) is 38.5 Å². The molecular formula is C12H22O3. The Bertz CT molecular complexity index is 176. The van der Waals surface area contributed by atoms with E-state index in [0.29, 0.717) is 12.5 Å². The van der Waals surface area contributed by atoms with E-state index in [0.717, 1.165) is 19.4 Å². The number of carboxylic acids is 1. The highest BCUT2D eigenvalue weighted by Crippen LogP contribution is 2.18. The molecule has 1 fully saturated rings. The van der Waals surface area contributed by atoms with Crippen molar-refractivity contribution in [3.8, 4) is 0 Å². The van der Waals surface area contributed by atoms with Crippen molar-refractivity contribution < 1.29 is 14.6 Å². The van der Waals surface area contributed by atoms with Crippen molar-refractivity contribution in [3.63, 3.8) is 0 Å². The summed E-state index contributed by atoms with van der Waals surface area (Å²) < 4.78 is 5.13. The molecule has 0 aromatic heterocycles. The highest BCUT2D eigenvalue weighted by Gasteiger charge is 2.20. The molecule has 0 saturated carbocycles. The Labute approximate surface area is 91.8 Å². The van der Waals surface area contributed by atoms with Crippen LogP contribution in [0.3, 0.4) is 0 Å². The summed E-state index contributed by atoms with van der Waals surface area (Å²) in [5.41, 5.74) is 0. The largest absolute Gasteiger partial charge is 0.481 e. The third-order valence-electron chi connectivity index (χ3n) is 2.82. The van der Waals surface area contributed by atoms with Crippen LogP contribution in [0.5, 0.6) is 0 Å². The van der Waals surface area contributed by atoms with E-state index in [-0.39, 0.29) is 0 Å². The zero-order valence-electron chi connectivity index (χ0n) is 9.41. The van der Waals surface area contributed by atoms with Gasteiger partial charge in [-0.25, -0.2) is 0 Å². The van der Waals surface area contributed by atoms with Crippen LogP contribution in [0.4, 0.5) is 0 Å². The molecule has 1 heterocycles. The van der Waals surface area contributed by atoms with Gasteiger partial charge in [-0.2, -0.15) is 0 Å². The van der Waals surface area contributed by atoms with E-state index in [1.807, 2.05) is 0 Å². The summed E-state index contributed by atoms with van der Waals surface area (Å²) in [7, 11) is 0. The molecule has 1 N–H and O–H groups in total. The van der Waals surface area contributed by atoms with E-state index in [9.17, 15) is 4.79 Å². The third kappa shape index (κ3) is 8.43. The summed E-state index contributed by atoms with van der Waals surface area (Å²) in [4.78, 5) is 10.2. The zero-order valence-corrected chi connectivity index (χ0v) is 9.41. The van der Waals surface area contributed by atoms with Crippen LogP contribution in [0.2, 0.25) is 0 Å². The third-order valence-corrected chi connectivity index (χ3v) is 2.82. The number of epoxide rings is 1. The van der Waals surface area contributed by atoms with Crippen LogP contribution in [-0.2, 0) is 9.53 Å². The molecule has 1 aliphatic rings. The second-order valence-electron chi connectivity index (χ2n) is 4.36. The van der Waals surface area contributed by atoms with Gasteiger partial charge in [0.1, 0.15) is 0 Å². The van der Waals surface area contributed by atoms with Crippen molar-refractivity contribution in [1.29, 1.82) is 0 Å². The molecule has 1 atom stereocenters. The first kappa shape index (κ1) is 12.5. The highest BCUT2D eigenvalue weighted by molar-refractivity contribution is 5.66. The van der Waals surface area contributed by atoms with Crippen LogP contribution in [0, 0.1) is 0 Å². The van der Waals surface area contributed by atoms with Crippen LogP contribution in [0.1, 0.15) is 57.8 Å². The van der Waals surface area contributed by atoms with Crippen LogP contribution in [0.15, 0.2) is 0 Å². The van der Waals surface area contributed by atoms with Crippen LogP contribution in [-0.4, -0.2) is 23.8 Å². The first-order valence-electron chi connectivity index (χ1n) is 6.12. The normalized spacial score (nSPS) is 19.1. The maximum Gasteiger partial charge on any atom is 0.303 e. The molecule has 0 spiro atoms. The molecule has 1 unspecified atom stereocenters. The number of carbonyl (C=O) groups is 1. The maximum absolute atomic E-state index is 10.2. The molecule has 0 bridgehead atoms. The number of carboxylic acid groups (broad SMARTS) is 1. The average molecular weight is 214 g/mol. The van der Waals surface area contributed by atoms with Crippen LogP contribution in [0.25, 0.3) is 0 Å². The van der Waals surface area contributed by atoms with Crippen molar-refractivity contribution in [2.45, 2.75) is 63.9 Å². The quantitative estimate of drug-likeness (QED) is 0.449. The van der Waals surface area contributed by atoms with E-state index in [1.54, 1.807) is 0 Å². The Morgan fingerprint density at radius 2 is 1.60 bits per heavy atom. The molecule has 0 amide bonds. The fourth-order valence-corrected chi connectivity index (χ4v) is 1.77. The zero-order chi connectivity index (χ0) is 10.9. The topological polar surface area (TPSA) is 49.8 Å². The fourth-order valence-electron chi connectivity index (χ4n) is 1.77. The number of hydrogen-bond donors (Lipinski definition) is 1. The Morgan fingerprint density at radius 1 is 1.07 bits per heavy atom. The standard InChI is InChI=1S/C12H22O3/c13-12(14)9-7-5-3-1-2-4-6-8-11-10-15-11/h11H,1-10H2,(H,13,14). The minimum absolute atomic E-state index is 0.332. The molecule has 3 heteroatoms. The predicted molar refractivity (Wildman–Crippen MR) is 58.9 cm³/mol. The summed E-state index contributed by atoms with van der Waals surface area (Å²) in [5, 5.41) is 8.43. The molecule has 1 saturated heterocycles. The van der Waals surface area contributed by atoms with Crippen molar-refractivity contribution in [1.82, 2.24) is 0 Å². The number of hydrogen-bond acceptors (Lipinski definition) is 2. The lowest BCUT2D eigenvalue weighted by molar-refractivity contribution is -0.137. The molecule has 0 aromatic carbocycles. The molecule has 3 nitrogen and oxygen atoms in total. The van der Waals surface area contributed by atoms with Gasteiger partial charge in [0.2, 0.25) is 0 Å². The van der Waals surface area contributed by atoms with Crippen LogP contribution < -0.4 is 0 Å². The van der Waals surface area contributed by atoms with Gasteiger partial charge in [0, 0.05) is 6.42 Å². The summed E-state index contributed by atoms with van der Waals surface area (Å²) in [6, 6.07) is 0. The highest BCUT2D eigenvalue weighted by atomic mass is 16.6. The second kappa shape index (κ2) is 7.69. The summed E-state index contributed by atoms with van der Waals surface area (Å²) >= 11 is 0. The van der Waals surface area contributed by atoms with Gasteiger partial charge in [-0.15, -0.1) is 0 Å². The number of aliphatic carboxylic acids is 1. The molecular weight excluding hydrogens is 192 g/mol. The van der Waals surface area contributed by atoms with Crippen molar-refractivity contribution in [2.24, 2.45) is 0 Å². The van der Waals surface area contributed by atoms with Gasteiger partial charge in [-0.3, -0.25) is 4.79 Å². The minimum Gasteiger partial charge on any atom is -0.481 e. The lowest BCUT2D eigenvalue weighted by atomic mass is 10.1. The fraction of sp³-hybridized carbons (Fsp3) is 0.917. The molecule has 15 heavy (non-hydrogen) atoms. The Hall–Kier alpha value is -0.570. The first-order valence-corrected chi connectivity index (χ1v) is 6.12. The average Bonchev–Trinajstić information content (AvgIpc) is 2.98.